The van der Waals surface area contributed by atoms with Crippen LogP contribution in [-0.4, -0.2) is 24.7 Å². The van der Waals surface area contributed by atoms with Gasteiger partial charge in [-0.3, -0.25) is 0 Å². The summed E-state index contributed by atoms with van der Waals surface area (Å²) in [5.74, 6) is 1.57. The first-order valence-electron chi connectivity index (χ1n) is 6.18. The van der Waals surface area contributed by atoms with Gasteiger partial charge in [0.2, 0.25) is 0 Å². The molecule has 1 N–H and O–H groups in total. The van der Waals surface area contributed by atoms with E-state index in [0.717, 1.165) is 12.2 Å². The highest BCUT2D eigenvalue weighted by atomic mass is 15.3. The summed E-state index contributed by atoms with van der Waals surface area (Å²) >= 11 is 0. The fourth-order valence-electron chi connectivity index (χ4n) is 2.50. The Hall–Kier alpha value is -1.65. The number of fused-ring (bicyclic) bond motifs is 1. The zero-order valence-corrected chi connectivity index (χ0v) is 10.2. The lowest BCUT2D eigenvalue weighted by molar-refractivity contribution is 0.537. The maximum Gasteiger partial charge on any atom is 0.137 e. The number of aromatic amines is 1. The predicted octanol–water partition coefficient (Wildman–Crippen LogP) is 2.05. The summed E-state index contributed by atoms with van der Waals surface area (Å²) in [7, 11) is 0. The normalized spacial score (nSPS) is 21.2. The van der Waals surface area contributed by atoms with Crippen LogP contribution >= 0.6 is 0 Å². The number of hydrogen-bond acceptors (Lipinski definition) is 3. The van der Waals surface area contributed by atoms with Crippen molar-refractivity contribution < 1.29 is 0 Å². The van der Waals surface area contributed by atoms with Gasteiger partial charge in [-0.25, -0.2) is 14.6 Å². The van der Waals surface area contributed by atoms with E-state index in [1.807, 2.05) is 4.68 Å². The van der Waals surface area contributed by atoms with Crippen LogP contribution in [0.5, 0.6) is 0 Å². The molecule has 2 aromatic rings. The topological polar surface area (TPSA) is 59.4 Å². The summed E-state index contributed by atoms with van der Waals surface area (Å²) in [6.07, 6.45) is 6.91. The van der Waals surface area contributed by atoms with Crippen molar-refractivity contribution in [2.45, 2.75) is 45.1 Å². The Labute approximate surface area is 100 Å². The van der Waals surface area contributed by atoms with E-state index in [0.29, 0.717) is 5.92 Å². The Bertz CT molecular complexity index is 499. The Balaban J connectivity index is 1.94. The minimum atomic E-state index is 0.121. The number of hydrogen-bond donors (Lipinski definition) is 1. The molecule has 0 spiro atoms. The Morgan fingerprint density at radius 2 is 2.41 bits per heavy atom. The minimum Gasteiger partial charge on any atom is -0.344 e. The highest BCUT2D eigenvalue weighted by molar-refractivity contribution is 5.22. The second-order valence-corrected chi connectivity index (χ2v) is 4.83. The van der Waals surface area contributed by atoms with Crippen molar-refractivity contribution in [1.82, 2.24) is 24.7 Å². The van der Waals surface area contributed by atoms with Gasteiger partial charge >= 0.3 is 0 Å². The van der Waals surface area contributed by atoms with Crippen molar-refractivity contribution in [2.75, 3.05) is 0 Å². The number of nitrogens with one attached hydrogen (secondary N) is 1. The van der Waals surface area contributed by atoms with Gasteiger partial charge in [-0.05, 0) is 26.2 Å². The standard InChI is InChI=1S/C12H17N5/c1-8-4-3-5-10-11(8)16-12(15-10)9(2)17-7-13-6-14-17/h6-9H,3-5H2,1-2H3,(H,15,16). The fourth-order valence-corrected chi connectivity index (χ4v) is 2.50. The van der Waals surface area contributed by atoms with Crippen molar-refractivity contribution in [3.05, 3.63) is 29.9 Å². The van der Waals surface area contributed by atoms with Crippen molar-refractivity contribution in [3.8, 4) is 0 Å². The molecule has 0 fully saturated rings. The van der Waals surface area contributed by atoms with Crippen LogP contribution in [0.2, 0.25) is 0 Å². The maximum atomic E-state index is 4.74. The molecule has 1 aliphatic rings. The predicted molar refractivity (Wildman–Crippen MR) is 63.8 cm³/mol. The third kappa shape index (κ3) is 1.75. The summed E-state index contributed by atoms with van der Waals surface area (Å²) < 4.78 is 1.83. The van der Waals surface area contributed by atoms with Crippen LogP contribution in [0, 0.1) is 0 Å². The first-order chi connectivity index (χ1) is 8.25. The molecule has 2 aromatic heterocycles. The number of aromatic nitrogens is 5. The quantitative estimate of drug-likeness (QED) is 0.860. The van der Waals surface area contributed by atoms with E-state index in [2.05, 4.69) is 28.9 Å². The minimum absolute atomic E-state index is 0.121. The second-order valence-electron chi connectivity index (χ2n) is 4.83. The molecule has 3 rings (SSSR count). The maximum absolute atomic E-state index is 4.74. The molecule has 90 valence electrons. The second kappa shape index (κ2) is 3.98. The van der Waals surface area contributed by atoms with Gasteiger partial charge in [0, 0.05) is 11.6 Å². The van der Waals surface area contributed by atoms with Gasteiger partial charge in [-0.2, -0.15) is 5.10 Å². The highest BCUT2D eigenvalue weighted by Crippen LogP contribution is 2.30. The Morgan fingerprint density at radius 1 is 1.53 bits per heavy atom. The number of aryl methyl sites for hydroxylation is 1. The largest absolute Gasteiger partial charge is 0.344 e. The third-order valence-corrected chi connectivity index (χ3v) is 3.59. The molecule has 0 aromatic carbocycles. The molecule has 0 saturated heterocycles. The molecule has 0 radical (unpaired) electrons. The van der Waals surface area contributed by atoms with E-state index in [4.69, 9.17) is 4.98 Å². The first kappa shape index (κ1) is 10.5. The monoisotopic (exact) mass is 231 g/mol. The van der Waals surface area contributed by atoms with Gasteiger partial charge in [0.15, 0.2) is 0 Å². The molecule has 0 bridgehead atoms. The van der Waals surface area contributed by atoms with Crippen molar-refractivity contribution in [2.24, 2.45) is 0 Å². The Kier molecular flexibility index (Phi) is 2.46. The summed E-state index contributed by atoms with van der Waals surface area (Å²) in [5.41, 5.74) is 2.56. The summed E-state index contributed by atoms with van der Waals surface area (Å²) in [6.45, 7) is 4.34. The van der Waals surface area contributed by atoms with Crippen LogP contribution in [-0.2, 0) is 6.42 Å². The lowest BCUT2D eigenvalue weighted by Gasteiger charge is -2.15. The fraction of sp³-hybridized carbons (Fsp3) is 0.583. The van der Waals surface area contributed by atoms with E-state index < -0.39 is 0 Å². The van der Waals surface area contributed by atoms with Crippen LogP contribution in [0.15, 0.2) is 12.7 Å². The molecule has 0 aliphatic heterocycles. The molecule has 2 unspecified atom stereocenters. The molecule has 5 heteroatoms. The molecule has 5 nitrogen and oxygen atoms in total. The van der Waals surface area contributed by atoms with E-state index >= 15 is 0 Å². The molecule has 1 aliphatic carbocycles. The van der Waals surface area contributed by atoms with Crippen LogP contribution in [0.1, 0.15) is 55.9 Å². The summed E-state index contributed by atoms with van der Waals surface area (Å²) in [6, 6.07) is 0.121. The molecular formula is C12H17N5. The molecule has 0 saturated carbocycles. The van der Waals surface area contributed by atoms with E-state index in [1.54, 1.807) is 12.7 Å². The lowest BCUT2D eigenvalue weighted by Crippen LogP contribution is -2.09. The van der Waals surface area contributed by atoms with Gasteiger partial charge in [-0.15, -0.1) is 0 Å². The van der Waals surface area contributed by atoms with Gasteiger partial charge < -0.3 is 4.98 Å². The van der Waals surface area contributed by atoms with Crippen LogP contribution in [0.25, 0.3) is 0 Å². The average molecular weight is 231 g/mol. The average Bonchev–Trinajstić information content (AvgIpc) is 2.98. The van der Waals surface area contributed by atoms with Gasteiger partial charge in [-0.1, -0.05) is 6.92 Å². The van der Waals surface area contributed by atoms with Crippen LogP contribution in [0.4, 0.5) is 0 Å². The summed E-state index contributed by atoms with van der Waals surface area (Å²) in [4.78, 5) is 12.2. The molecular weight excluding hydrogens is 214 g/mol. The number of imidazole rings is 1. The smallest absolute Gasteiger partial charge is 0.137 e. The molecule has 0 amide bonds. The van der Waals surface area contributed by atoms with E-state index in [1.165, 1.54) is 24.2 Å². The number of H-pyrrole nitrogens is 1. The number of rotatable bonds is 2. The highest BCUT2D eigenvalue weighted by Gasteiger charge is 2.23. The molecule has 17 heavy (non-hydrogen) atoms. The number of nitrogens with zero attached hydrogens (tertiary/aromatic N) is 4. The van der Waals surface area contributed by atoms with E-state index in [9.17, 15) is 0 Å². The third-order valence-electron chi connectivity index (χ3n) is 3.59. The Morgan fingerprint density at radius 3 is 3.12 bits per heavy atom. The zero-order valence-electron chi connectivity index (χ0n) is 10.2. The van der Waals surface area contributed by atoms with Crippen molar-refractivity contribution in [3.63, 3.8) is 0 Å². The first-order valence-corrected chi connectivity index (χ1v) is 6.18. The zero-order chi connectivity index (χ0) is 11.8. The van der Waals surface area contributed by atoms with Crippen molar-refractivity contribution in [1.29, 1.82) is 0 Å². The molecule has 2 atom stereocenters. The lowest BCUT2D eigenvalue weighted by atomic mass is 9.92. The van der Waals surface area contributed by atoms with Gasteiger partial charge in [0.1, 0.15) is 24.5 Å². The van der Waals surface area contributed by atoms with Gasteiger partial charge in [0.05, 0.1) is 5.69 Å². The van der Waals surface area contributed by atoms with Crippen LogP contribution in [0.3, 0.4) is 0 Å². The SMILES string of the molecule is CC1CCCc2[nH]c(C(C)n3cncn3)nc21. The van der Waals surface area contributed by atoms with Crippen molar-refractivity contribution >= 4 is 0 Å². The summed E-state index contributed by atoms with van der Waals surface area (Å²) in [5, 5.41) is 4.16. The molecule has 2 heterocycles. The van der Waals surface area contributed by atoms with E-state index in [-0.39, 0.29) is 6.04 Å². The van der Waals surface area contributed by atoms with Gasteiger partial charge in [0.25, 0.3) is 0 Å². The van der Waals surface area contributed by atoms with Crippen LogP contribution < -0.4 is 0 Å².